The molecule has 0 aromatic carbocycles. The van der Waals surface area contributed by atoms with Crippen LogP contribution >= 0.6 is 0 Å². The van der Waals surface area contributed by atoms with Crippen molar-refractivity contribution in [2.45, 2.75) is 51.6 Å². The third-order valence-electron chi connectivity index (χ3n) is 3.58. The van der Waals surface area contributed by atoms with E-state index in [0.717, 1.165) is 19.4 Å². The largest absolute Gasteiger partial charge is 0.328 e. The van der Waals surface area contributed by atoms with E-state index in [0.29, 0.717) is 24.6 Å². The average Bonchev–Trinajstić information content (AvgIpc) is 2.85. The highest BCUT2D eigenvalue weighted by molar-refractivity contribution is 5.03. The number of aromatic amines is 1. The van der Waals surface area contributed by atoms with Crippen molar-refractivity contribution in [2.24, 2.45) is 0 Å². The molecule has 0 aliphatic carbocycles. The van der Waals surface area contributed by atoms with E-state index in [1.54, 1.807) is 10.8 Å². The van der Waals surface area contributed by atoms with Gasteiger partial charge in [0, 0.05) is 24.3 Å². The zero-order valence-electron chi connectivity index (χ0n) is 10.9. The molecule has 2 rings (SSSR count). The van der Waals surface area contributed by atoms with Crippen molar-refractivity contribution in [3.05, 3.63) is 32.6 Å². The minimum absolute atomic E-state index is 0.254. The van der Waals surface area contributed by atoms with Crippen LogP contribution in [-0.4, -0.2) is 22.1 Å². The fourth-order valence-corrected chi connectivity index (χ4v) is 2.48. The zero-order chi connectivity index (χ0) is 13.0. The number of hydrogen-bond acceptors (Lipinski definition) is 3. The molecular formula is C13H21N3O2. The molecule has 1 unspecified atom stereocenters. The summed E-state index contributed by atoms with van der Waals surface area (Å²) in [5.74, 6) is 0. The first-order valence-corrected chi connectivity index (χ1v) is 6.76. The summed E-state index contributed by atoms with van der Waals surface area (Å²) < 4.78 is 1.62. The summed E-state index contributed by atoms with van der Waals surface area (Å²) >= 11 is 0. The van der Waals surface area contributed by atoms with Gasteiger partial charge in [0.25, 0.3) is 5.56 Å². The molecule has 2 heterocycles. The minimum Gasteiger partial charge on any atom is -0.314 e. The number of aromatic nitrogens is 2. The number of nitrogens with zero attached hydrogens (tertiary/aromatic N) is 1. The van der Waals surface area contributed by atoms with Crippen molar-refractivity contribution in [3.63, 3.8) is 0 Å². The van der Waals surface area contributed by atoms with Gasteiger partial charge in [0.15, 0.2) is 0 Å². The lowest BCUT2D eigenvalue weighted by Gasteiger charge is -2.11. The lowest BCUT2D eigenvalue weighted by Crippen LogP contribution is -2.32. The Morgan fingerprint density at radius 2 is 2.28 bits per heavy atom. The summed E-state index contributed by atoms with van der Waals surface area (Å²) in [6.45, 7) is 3.71. The molecule has 1 aliphatic heterocycles. The molecule has 1 aliphatic rings. The van der Waals surface area contributed by atoms with Crippen LogP contribution in [0.15, 0.2) is 15.8 Å². The van der Waals surface area contributed by atoms with Crippen molar-refractivity contribution in [1.29, 1.82) is 0 Å². The third kappa shape index (κ3) is 3.10. The molecule has 1 fully saturated rings. The number of hydrogen-bond donors (Lipinski definition) is 2. The van der Waals surface area contributed by atoms with E-state index in [1.165, 1.54) is 12.8 Å². The van der Waals surface area contributed by atoms with E-state index >= 15 is 0 Å². The molecule has 1 saturated heterocycles. The maximum absolute atomic E-state index is 11.6. The highest BCUT2D eigenvalue weighted by atomic mass is 16.2. The van der Waals surface area contributed by atoms with Crippen molar-refractivity contribution >= 4 is 0 Å². The van der Waals surface area contributed by atoms with Crippen LogP contribution < -0.4 is 16.6 Å². The van der Waals surface area contributed by atoms with Gasteiger partial charge < -0.3 is 9.88 Å². The monoisotopic (exact) mass is 251 g/mol. The quantitative estimate of drug-likeness (QED) is 0.806. The van der Waals surface area contributed by atoms with Crippen LogP contribution in [0.25, 0.3) is 0 Å². The number of rotatable bonds is 5. The minimum atomic E-state index is -0.295. The van der Waals surface area contributed by atoms with Crippen LogP contribution in [0.2, 0.25) is 0 Å². The van der Waals surface area contributed by atoms with E-state index in [9.17, 15) is 9.59 Å². The molecule has 18 heavy (non-hydrogen) atoms. The molecule has 1 atom stereocenters. The summed E-state index contributed by atoms with van der Waals surface area (Å²) in [6.07, 6.45) is 6.90. The lowest BCUT2D eigenvalue weighted by molar-refractivity contribution is 0.492. The maximum Gasteiger partial charge on any atom is 0.328 e. The van der Waals surface area contributed by atoms with E-state index < -0.39 is 0 Å². The Morgan fingerprint density at radius 3 is 2.94 bits per heavy atom. The van der Waals surface area contributed by atoms with Crippen LogP contribution in [0.4, 0.5) is 0 Å². The molecule has 0 saturated carbocycles. The number of nitrogens with one attached hydrogen (secondary N) is 2. The highest BCUT2D eigenvalue weighted by Crippen LogP contribution is 2.10. The summed E-state index contributed by atoms with van der Waals surface area (Å²) in [5, 5.41) is 3.44. The molecule has 1 aromatic heterocycles. The molecule has 0 amide bonds. The second-order valence-corrected chi connectivity index (χ2v) is 4.90. The Hall–Kier alpha value is -1.36. The Bertz CT molecular complexity index is 498. The topological polar surface area (TPSA) is 66.9 Å². The SMILES string of the molecule is CCc1cn(CCCC2CCCN2)c(=O)[nH]c1=O. The first-order chi connectivity index (χ1) is 8.70. The smallest absolute Gasteiger partial charge is 0.314 e. The summed E-state index contributed by atoms with van der Waals surface area (Å²) in [5.41, 5.74) is 0.126. The second-order valence-electron chi connectivity index (χ2n) is 4.90. The fraction of sp³-hybridized carbons (Fsp3) is 0.692. The van der Waals surface area contributed by atoms with Gasteiger partial charge in [0.05, 0.1) is 0 Å². The lowest BCUT2D eigenvalue weighted by atomic mass is 10.1. The predicted molar refractivity (Wildman–Crippen MR) is 71.0 cm³/mol. The number of H-pyrrole nitrogens is 1. The van der Waals surface area contributed by atoms with Crippen LogP contribution in [0.1, 0.15) is 38.2 Å². The standard InChI is InChI=1S/C13H21N3O2/c1-2-10-9-16(13(18)15-12(10)17)8-4-6-11-5-3-7-14-11/h9,11,14H,2-8H2,1H3,(H,15,17,18). The molecule has 5 nitrogen and oxygen atoms in total. The molecule has 0 radical (unpaired) electrons. The van der Waals surface area contributed by atoms with Crippen molar-refractivity contribution < 1.29 is 0 Å². The van der Waals surface area contributed by atoms with E-state index in [-0.39, 0.29) is 11.2 Å². The number of aryl methyl sites for hydroxylation is 2. The second kappa shape index (κ2) is 6.00. The van der Waals surface area contributed by atoms with Crippen LogP contribution in [-0.2, 0) is 13.0 Å². The molecule has 5 heteroatoms. The van der Waals surface area contributed by atoms with E-state index in [4.69, 9.17) is 0 Å². The first-order valence-electron chi connectivity index (χ1n) is 6.76. The van der Waals surface area contributed by atoms with Gasteiger partial charge in [-0.25, -0.2) is 4.79 Å². The zero-order valence-corrected chi connectivity index (χ0v) is 10.9. The third-order valence-corrected chi connectivity index (χ3v) is 3.58. The summed E-state index contributed by atoms with van der Waals surface area (Å²) in [4.78, 5) is 25.4. The van der Waals surface area contributed by atoms with Crippen molar-refractivity contribution in [3.8, 4) is 0 Å². The van der Waals surface area contributed by atoms with Gasteiger partial charge in [-0.15, -0.1) is 0 Å². The Kier molecular flexibility index (Phi) is 4.36. The van der Waals surface area contributed by atoms with Gasteiger partial charge in [-0.2, -0.15) is 0 Å². The average molecular weight is 251 g/mol. The van der Waals surface area contributed by atoms with Gasteiger partial charge in [-0.3, -0.25) is 9.78 Å². The summed E-state index contributed by atoms with van der Waals surface area (Å²) in [6, 6.07) is 0.606. The van der Waals surface area contributed by atoms with Gasteiger partial charge >= 0.3 is 5.69 Å². The normalized spacial score (nSPS) is 19.3. The molecule has 0 bridgehead atoms. The van der Waals surface area contributed by atoms with Crippen molar-refractivity contribution in [2.75, 3.05) is 6.54 Å². The first kappa shape index (κ1) is 13.1. The van der Waals surface area contributed by atoms with Crippen LogP contribution in [0, 0.1) is 0 Å². The Morgan fingerprint density at radius 1 is 1.44 bits per heavy atom. The maximum atomic E-state index is 11.6. The van der Waals surface area contributed by atoms with Gasteiger partial charge in [-0.1, -0.05) is 6.92 Å². The van der Waals surface area contributed by atoms with Gasteiger partial charge in [0.1, 0.15) is 0 Å². The molecular weight excluding hydrogens is 230 g/mol. The molecule has 1 aromatic rings. The van der Waals surface area contributed by atoms with Gasteiger partial charge in [0.2, 0.25) is 0 Å². The Labute approximate surface area is 106 Å². The molecule has 100 valence electrons. The van der Waals surface area contributed by atoms with E-state index in [2.05, 4.69) is 10.3 Å². The van der Waals surface area contributed by atoms with Crippen LogP contribution in [0.5, 0.6) is 0 Å². The highest BCUT2D eigenvalue weighted by Gasteiger charge is 2.13. The molecule has 2 N–H and O–H groups in total. The summed E-state index contributed by atoms with van der Waals surface area (Å²) in [7, 11) is 0. The Balaban J connectivity index is 1.96. The van der Waals surface area contributed by atoms with E-state index in [1.807, 2.05) is 6.92 Å². The van der Waals surface area contributed by atoms with Crippen molar-refractivity contribution in [1.82, 2.24) is 14.9 Å². The predicted octanol–water partition coefficient (Wildman–Crippen LogP) is 0.631. The fourth-order valence-electron chi connectivity index (χ4n) is 2.48. The van der Waals surface area contributed by atoms with Gasteiger partial charge in [-0.05, 0) is 38.6 Å². The van der Waals surface area contributed by atoms with Crippen LogP contribution in [0.3, 0.4) is 0 Å². The molecule has 0 spiro atoms.